The summed E-state index contributed by atoms with van der Waals surface area (Å²) in [6.45, 7) is 12.7. The van der Waals surface area contributed by atoms with Crippen LogP contribution in [0.2, 0.25) is 0 Å². The first kappa shape index (κ1) is 21.2. The summed E-state index contributed by atoms with van der Waals surface area (Å²) in [7, 11) is 0. The van der Waals surface area contributed by atoms with Crippen molar-refractivity contribution in [2.24, 2.45) is 5.92 Å². The van der Waals surface area contributed by atoms with Gasteiger partial charge in [0.1, 0.15) is 0 Å². The lowest BCUT2D eigenvalue weighted by Gasteiger charge is -1.96. The fraction of sp³-hybridized carbons (Fsp3) is 0.529. The fourth-order valence-electron chi connectivity index (χ4n) is 0.893. The molecule has 0 rings (SSSR count). The number of hydrogen-bond acceptors (Lipinski definition) is 0. The molecule has 0 amide bonds. The molecule has 0 spiro atoms. The molecular weight excluding hydrogens is 364 g/mol. The van der Waals surface area contributed by atoms with Crippen LogP contribution < -0.4 is 0 Å². The Labute approximate surface area is 137 Å². The van der Waals surface area contributed by atoms with Crippen molar-refractivity contribution in [3.8, 4) is 0 Å². The van der Waals surface area contributed by atoms with Crippen molar-refractivity contribution in [2.45, 2.75) is 52.8 Å². The number of rotatable bonds is 5. The SMILES string of the molecule is C/C(Br)=C(C)\C=C/C(C)Br.C/C=C\C=C/C(C)CC. The molecule has 2 unspecified atom stereocenters. The Hall–Kier alpha value is -0.0800. The van der Waals surface area contributed by atoms with Crippen molar-refractivity contribution < 1.29 is 0 Å². The van der Waals surface area contributed by atoms with Gasteiger partial charge in [0.2, 0.25) is 0 Å². The van der Waals surface area contributed by atoms with Crippen LogP contribution in [0.15, 0.2) is 46.5 Å². The average molecular weight is 392 g/mol. The van der Waals surface area contributed by atoms with Gasteiger partial charge in [-0.25, -0.2) is 0 Å². The molecule has 0 N–H and O–H groups in total. The molecule has 0 heterocycles. The summed E-state index contributed by atoms with van der Waals surface area (Å²) < 4.78 is 1.19. The number of hydrogen-bond donors (Lipinski definition) is 0. The highest BCUT2D eigenvalue weighted by molar-refractivity contribution is 9.11. The van der Waals surface area contributed by atoms with E-state index in [1.54, 1.807) is 0 Å². The highest BCUT2D eigenvalue weighted by Gasteiger charge is 1.89. The van der Waals surface area contributed by atoms with Gasteiger partial charge in [-0.05, 0) is 43.7 Å². The van der Waals surface area contributed by atoms with E-state index >= 15 is 0 Å². The van der Waals surface area contributed by atoms with E-state index in [1.807, 2.05) is 19.9 Å². The summed E-state index contributed by atoms with van der Waals surface area (Å²) in [6, 6.07) is 0. The molecule has 0 aliphatic rings. The van der Waals surface area contributed by atoms with Gasteiger partial charge in [-0.2, -0.15) is 0 Å². The summed E-state index contributed by atoms with van der Waals surface area (Å²) in [5, 5.41) is 0. The zero-order chi connectivity index (χ0) is 15.3. The van der Waals surface area contributed by atoms with Gasteiger partial charge in [0, 0.05) is 4.83 Å². The van der Waals surface area contributed by atoms with Crippen LogP contribution in [0.5, 0.6) is 0 Å². The minimum Gasteiger partial charge on any atom is -0.0877 e. The van der Waals surface area contributed by atoms with Crippen molar-refractivity contribution in [3.63, 3.8) is 0 Å². The molecular formula is C17H28Br2. The maximum atomic E-state index is 3.43. The van der Waals surface area contributed by atoms with E-state index in [9.17, 15) is 0 Å². The molecule has 0 aliphatic heterocycles. The summed E-state index contributed by atoms with van der Waals surface area (Å²) >= 11 is 6.83. The monoisotopic (exact) mass is 390 g/mol. The fourth-order valence-corrected chi connectivity index (χ4v) is 1.18. The summed E-state index contributed by atoms with van der Waals surface area (Å²) in [6.07, 6.45) is 13.9. The smallest absolute Gasteiger partial charge is 0.0300 e. The van der Waals surface area contributed by atoms with Gasteiger partial charge in [0.05, 0.1) is 0 Å². The lowest BCUT2D eigenvalue weighted by atomic mass is 10.1. The van der Waals surface area contributed by atoms with Gasteiger partial charge in [-0.1, -0.05) is 88.6 Å². The highest BCUT2D eigenvalue weighted by Crippen LogP contribution is 2.12. The van der Waals surface area contributed by atoms with Crippen LogP contribution >= 0.6 is 31.9 Å². The summed E-state index contributed by atoms with van der Waals surface area (Å²) in [5.74, 6) is 0.723. The molecule has 110 valence electrons. The van der Waals surface area contributed by atoms with Gasteiger partial charge >= 0.3 is 0 Å². The quantitative estimate of drug-likeness (QED) is 0.343. The zero-order valence-electron chi connectivity index (χ0n) is 13.1. The van der Waals surface area contributed by atoms with Crippen molar-refractivity contribution >= 4 is 31.9 Å². The second-order valence-electron chi connectivity index (χ2n) is 4.55. The molecule has 2 heteroatoms. The van der Waals surface area contributed by atoms with E-state index in [0.29, 0.717) is 4.83 Å². The van der Waals surface area contributed by atoms with Crippen molar-refractivity contribution in [2.75, 3.05) is 0 Å². The molecule has 0 aromatic rings. The van der Waals surface area contributed by atoms with E-state index in [1.165, 1.54) is 16.5 Å². The number of alkyl halides is 1. The molecule has 0 aromatic carbocycles. The third-order valence-electron chi connectivity index (χ3n) is 2.54. The van der Waals surface area contributed by atoms with E-state index in [4.69, 9.17) is 0 Å². The van der Waals surface area contributed by atoms with Gasteiger partial charge in [-0.3, -0.25) is 0 Å². The minimum atomic E-state index is 0.453. The third kappa shape index (κ3) is 17.9. The maximum absolute atomic E-state index is 3.43. The van der Waals surface area contributed by atoms with Crippen LogP contribution in [0.4, 0.5) is 0 Å². The van der Waals surface area contributed by atoms with E-state index in [2.05, 4.69) is 89.9 Å². The first-order valence-electron chi connectivity index (χ1n) is 6.79. The van der Waals surface area contributed by atoms with Crippen molar-refractivity contribution in [1.29, 1.82) is 0 Å². The minimum absolute atomic E-state index is 0.453. The Bertz CT molecular complexity index is 316. The molecule has 0 aromatic heterocycles. The lowest BCUT2D eigenvalue weighted by Crippen LogP contribution is -1.82. The summed E-state index contributed by atoms with van der Waals surface area (Å²) in [4.78, 5) is 0.453. The Balaban J connectivity index is 0. The Morgan fingerprint density at radius 2 is 1.68 bits per heavy atom. The predicted octanol–water partition coefficient (Wildman–Crippen LogP) is 7.18. The largest absolute Gasteiger partial charge is 0.0877 e. The topological polar surface area (TPSA) is 0 Å². The van der Waals surface area contributed by atoms with Gasteiger partial charge in [0.25, 0.3) is 0 Å². The van der Waals surface area contributed by atoms with Gasteiger partial charge in [0.15, 0.2) is 0 Å². The molecule has 0 nitrogen and oxygen atoms in total. The highest BCUT2D eigenvalue weighted by atomic mass is 79.9. The third-order valence-corrected chi connectivity index (χ3v) is 3.47. The normalized spacial score (nSPS) is 16.4. The molecule has 19 heavy (non-hydrogen) atoms. The van der Waals surface area contributed by atoms with E-state index in [0.717, 1.165) is 5.92 Å². The van der Waals surface area contributed by atoms with Crippen molar-refractivity contribution in [1.82, 2.24) is 0 Å². The van der Waals surface area contributed by atoms with E-state index < -0.39 is 0 Å². The first-order chi connectivity index (χ1) is 8.84. The van der Waals surface area contributed by atoms with Crippen LogP contribution in [0.3, 0.4) is 0 Å². The Morgan fingerprint density at radius 1 is 1.11 bits per heavy atom. The van der Waals surface area contributed by atoms with Crippen LogP contribution in [-0.4, -0.2) is 4.83 Å². The molecule has 2 atom stereocenters. The van der Waals surface area contributed by atoms with E-state index in [-0.39, 0.29) is 0 Å². The molecule has 0 aliphatic carbocycles. The Morgan fingerprint density at radius 3 is 2.05 bits per heavy atom. The van der Waals surface area contributed by atoms with Gasteiger partial charge in [-0.15, -0.1) is 0 Å². The predicted molar refractivity (Wildman–Crippen MR) is 98.2 cm³/mol. The molecule has 0 saturated carbocycles. The van der Waals surface area contributed by atoms with Gasteiger partial charge < -0.3 is 0 Å². The standard InChI is InChI=1S/C9H16.C8H12Br2/c1-4-6-7-8-9(3)5-2;1-6(8(3)10)4-5-7(2)9/h4,6-9H,5H2,1-3H3;4-5,7H,1-3H3/b6-4-,8-7-;5-4-,8-6+. The first-order valence-corrected chi connectivity index (χ1v) is 8.50. The second kappa shape index (κ2) is 14.3. The molecule has 0 saturated heterocycles. The van der Waals surface area contributed by atoms with Crippen LogP contribution in [-0.2, 0) is 0 Å². The maximum Gasteiger partial charge on any atom is 0.0300 e. The zero-order valence-corrected chi connectivity index (χ0v) is 16.3. The average Bonchev–Trinajstić information content (AvgIpc) is 2.36. The number of allylic oxidation sites excluding steroid dienone is 8. The Kier molecular flexibility index (Phi) is 16.0. The summed E-state index contributed by atoms with van der Waals surface area (Å²) in [5.41, 5.74) is 1.27. The van der Waals surface area contributed by atoms with Crippen LogP contribution in [0.25, 0.3) is 0 Å². The lowest BCUT2D eigenvalue weighted by molar-refractivity contribution is 0.698. The second-order valence-corrected chi connectivity index (χ2v) is 7.18. The number of halogens is 2. The van der Waals surface area contributed by atoms with Crippen molar-refractivity contribution in [3.05, 3.63) is 46.5 Å². The molecule has 0 radical (unpaired) electrons. The van der Waals surface area contributed by atoms with Crippen LogP contribution in [0, 0.1) is 5.92 Å². The molecule has 0 fully saturated rings. The van der Waals surface area contributed by atoms with Crippen LogP contribution in [0.1, 0.15) is 48.0 Å². The molecule has 0 bridgehead atoms.